The zero-order chi connectivity index (χ0) is 60.1. The van der Waals surface area contributed by atoms with Gasteiger partial charge in [-0.1, -0.05) is 60.1 Å². The van der Waals surface area contributed by atoms with Crippen LogP contribution in [0.3, 0.4) is 0 Å². The highest BCUT2D eigenvalue weighted by Gasteiger charge is 2.46. The van der Waals surface area contributed by atoms with Gasteiger partial charge in [0.25, 0.3) is 11.7 Å². The Morgan fingerprint density at radius 1 is 0.918 bits per heavy atom. The molecule has 5 amide bonds. The van der Waals surface area contributed by atoms with Gasteiger partial charge in [-0.15, -0.1) is 5.10 Å². The van der Waals surface area contributed by atoms with E-state index in [1.165, 1.54) is 34.0 Å². The lowest BCUT2D eigenvalue weighted by molar-refractivity contribution is -0.135. The Morgan fingerprint density at radius 3 is 2.39 bits per heavy atom. The van der Waals surface area contributed by atoms with Gasteiger partial charge in [0.15, 0.2) is 11.6 Å². The highest BCUT2D eigenvalue weighted by atomic mass is 35.5. The standard InChI is InChI=1S/C62H69ClFN13O8/c1-38(2)85-51-34-44(82-7)19-21-46(51)58-69-55(40-12-10-39(3)11-13-40)56(41-14-16-42(63)17-15-41)77(58)62(81)74-26-25-73(53(79)37-74)28-30-84-32-31-83-29-22-52(78)71(5)24-27-76-59(66-4)54-48-35-67-57(65)60(68-48)75-23-8-9-50(75)47-33-43(64)18-20-45(47)61(80)72(6)36-49(54)70-76/h10-21,33-35,38,50,55-56H,8-9,22-32,36-37H2,1-3,5-7H3,(H2,65,67)/t50-,55+,56-/m1/s1. The number of nitrogens with two attached hydrogens (primary N) is 1. The number of anilines is 2. The van der Waals surface area contributed by atoms with Gasteiger partial charge in [0.2, 0.25) is 11.8 Å². The molecule has 2 N–H and O–H groups in total. The first-order valence-electron chi connectivity index (χ1n) is 28.4. The van der Waals surface area contributed by atoms with E-state index >= 15 is 4.79 Å². The van der Waals surface area contributed by atoms with E-state index in [1.54, 1.807) is 59.0 Å². The fourth-order valence-electron chi connectivity index (χ4n) is 11.3. The van der Waals surface area contributed by atoms with Crippen LogP contribution in [0.25, 0.3) is 16.1 Å². The third-order valence-corrected chi connectivity index (χ3v) is 16.0. The molecule has 6 aromatic rings. The summed E-state index contributed by atoms with van der Waals surface area (Å²) in [7, 11) is 4.88. The Labute approximate surface area is 498 Å². The van der Waals surface area contributed by atoms with Gasteiger partial charge in [-0.3, -0.25) is 24.3 Å². The minimum Gasteiger partial charge on any atom is -0.497 e. The van der Waals surface area contributed by atoms with Crippen LogP contribution in [-0.2, 0) is 32.2 Å². The summed E-state index contributed by atoms with van der Waals surface area (Å²) in [6, 6.07) is 23.3. The number of amides is 5. The monoisotopic (exact) mass is 1180 g/mol. The minimum absolute atomic E-state index is 0.00672. The summed E-state index contributed by atoms with van der Waals surface area (Å²) in [6.45, 7) is 16.6. The molecule has 23 heteroatoms. The van der Waals surface area contributed by atoms with Crippen LogP contribution in [-0.4, -0.2) is 167 Å². The maximum atomic E-state index is 15.2. The molecule has 3 atom stereocenters. The van der Waals surface area contributed by atoms with Crippen LogP contribution in [0.1, 0.15) is 95.1 Å². The number of rotatable bonds is 18. The third-order valence-electron chi connectivity index (χ3n) is 15.7. The van der Waals surface area contributed by atoms with E-state index in [-0.39, 0.29) is 120 Å². The summed E-state index contributed by atoms with van der Waals surface area (Å²) < 4.78 is 39.8. The number of fused-ring (bicyclic) bond motifs is 8. The quantitative estimate of drug-likeness (QED) is 0.0631. The van der Waals surface area contributed by atoms with E-state index in [0.717, 1.165) is 23.1 Å². The van der Waals surface area contributed by atoms with Crippen molar-refractivity contribution in [1.29, 1.82) is 0 Å². The first-order chi connectivity index (χ1) is 41.0. The Kier molecular flexibility index (Phi) is 18.3. The van der Waals surface area contributed by atoms with Crippen molar-refractivity contribution in [1.82, 2.24) is 44.2 Å². The van der Waals surface area contributed by atoms with Crippen molar-refractivity contribution in [3.63, 3.8) is 0 Å². The molecule has 0 spiro atoms. The van der Waals surface area contributed by atoms with Crippen molar-refractivity contribution in [2.75, 3.05) is 97.5 Å². The van der Waals surface area contributed by atoms with Crippen molar-refractivity contribution in [3.8, 4) is 22.8 Å². The molecule has 2 aromatic heterocycles. The number of halogens is 2. The van der Waals surface area contributed by atoms with E-state index in [0.29, 0.717) is 81.3 Å². The fourth-order valence-corrected chi connectivity index (χ4v) is 11.4. The van der Waals surface area contributed by atoms with Gasteiger partial charge in [0.1, 0.15) is 48.0 Å². The summed E-state index contributed by atoms with van der Waals surface area (Å²) in [5, 5.41) is 5.36. The number of aliphatic imine (C=N–C) groups is 1. The maximum Gasteiger partial charge on any atom is 0.326 e. The van der Waals surface area contributed by atoms with Crippen molar-refractivity contribution >= 4 is 58.6 Å². The van der Waals surface area contributed by atoms with Gasteiger partial charge < -0.3 is 54.0 Å². The molecular weight excluding hydrogens is 1110 g/mol. The Balaban J connectivity index is 0.721. The van der Waals surface area contributed by atoms with E-state index < -0.39 is 17.9 Å². The summed E-state index contributed by atoms with van der Waals surface area (Å²) >= 11 is 6.40. The zero-order valence-electron chi connectivity index (χ0n) is 48.5. The molecular formula is C62H69ClFN13O8. The Bertz CT molecular complexity index is 3540. The fraction of sp³-hybridized carbons (Fsp3) is 0.403. The molecule has 6 heterocycles. The molecule has 10 rings (SSSR count). The summed E-state index contributed by atoms with van der Waals surface area (Å²) in [5.74, 6) is 1.00. The molecule has 4 aromatic carbocycles. The second-order valence-corrected chi connectivity index (χ2v) is 22.2. The zero-order valence-corrected chi connectivity index (χ0v) is 49.3. The first kappa shape index (κ1) is 59.5. The van der Waals surface area contributed by atoms with Crippen LogP contribution < -0.4 is 20.1 Å². The average Bonchev–Trinajstić information content (AvgIpc) is 1.81. The summed E-state index contributed by atoms with van der Waals surface area (Å²) in [4.78, 5) is 84.9. The molecule has 0 radical (unpaired) electrons. The molecule has 4 aliphatic heterocycles. The molecule has 2 saturated heterocycles. The molecule has 21 nitrogen and oxygen atoms in total. The largest absolute Gasteiger partial charge is 0.497 e. The van der Waals surface area contributed by atoms with Gasteiger partial charge in [0.05, 0.1) is 94.3 Å². The number of hydrogen-bond acceptors (Lipinski definition) is 14. The SMILES string of the molecule is [C-]#[N+]c1c2c(nn1CCN(C)C(=O)CCOCCOCCN1CCN(C(=O)N3C(c4ccc(OC)cc4OC(C)C)=N[C@@H](c4ccc(C)cc4)[C@H]3c3ccc(Cl)cc3)CC1=O)CN(C)C(=O)c1ccc(F)cc1[C@H]1CCCN1c1nc-2cnc1N. The average molecular weight is 1180 g/mol. The van der Waals surface area contributed by atoms with Crippen LogP contribution in [0, 0.1) is 19.3 Å². The lowest BCUT2D eigenvalue weighted by Gasteiger charge is -2.38. The normalized spacial score (nSPS) is 17.7. The van der Waals surface area contributed by atoms with Crippen molar-refractivity contribution < 1.29 is 42.5 Å². The van der Waals surface area contributed by atoms with E-state index in [1.807, 2.05) is 74.2 Å². The third kappa shape index (κ3) is 12.9. The first-order valence-corrected chi connectivity index (χ1v) is 28.8. The number of likely N-dealkylation sites (N-methyl/N-ethyl adjacent to an activating group) is 1. The number of hydrogen-bond donors (Lipinski definition) is 1. The second kappa shape index (κ2) is 26.1. The van der Waals surface area contributed by atoms with E-state index in [4.69, 9.17) is 57.9 Å². The molecule has 2 bridgehead atoms. The number of piperazine rings is 1. The number of methoxy groups -OCH3 is 1. The van der Waals surface area contributed by atoms with Gasteiger partial charge >= 0.3 is 6.03 Å². The van der Waals surface area contributed by atoms with Gasteiger partial charge in [-0.25, -0.2) is 19.2 Å². The van der Waals surface area contributed by atoms with E-state index in [9.17, 15) is 18.8 Å². The predicted octanol–water partition coefficient (Wildman–Crippen LogP) is 8.69. The number of carbonyl (C=O) groups is 4. The molecule has 0 unspecified atom stereocenters. The number of urea groups is 1. The number of ether oxygens (including phenoxy) is 4. The van der Waals surface area contributed by atoms with Crippen LogP contribution in [0.2, 0.25) is 5.02 Å². The molecule has 0 saturated carbocycles. The van der Waals surface area contributed by atoms with E-state index in [2.05, 4.69) is 9.83 Å². The molecule has 444 valence electrons. The van der Waals surface area contributed by atoms with Crippen LogP contribution >= 0.6 is 11.6 Å². The van der Waals surface area contributed by atoms with Gasteiger partial charge in [0, 0.05) is 56.9 Å². The molecule has 0 aliphatic carbocycles. The second-order valence-electron chi connectivity index (χ2n) is 21.8. The number of benzene rings is 4. The highest BCUT2D eigenvalue weighted by molar-refractivity contribution is 6.30. The summed E-state index contributed by atoms with van der Waals surface area (Å²) in [6.07, 6.45) is 2.78. The Morgan fingerprint density at radius 2 is 1.66 bits per heavy atom. The number of nitrogen functional groups attached to an aromatic ring is 1. The molecule has 4 aliphatic rings. The van der Waals surface area contributed by atoms with Crippen molar-refractivity contribution in [3.05, 3.63) is 152 Å². The molecule has 85 heavy (non-hydrogen) atoms. The minimum atomic E-state index is -0.599. The number of aryl methyl sites for hydroxylation is 1. The Hall–Kier alpha value is -8.65. The lowest BCUT2D eigenvalue weighted by Crippen LogP contribution is -2.56. The smallest absolute Gasteiger partial charge is 0.326 e. The van der Waals surface area contributed by atoms with Crippen molar-refractivity contribution in [2.24, 2.45) is 4.99 Å². The lowest BCUT2D eigenvalue weighted by atomic mass is 9.93. The molecule has 2 fully saturated rings. The number of aromatic nitrogens is 4. The number of carbonyl (C=O) groups excluding carboxylic acids is 4. The maximum absolute atomic E-state index is 15.2. The van der Waals surface area contributed by atoms with Crippen LogP contribution in [0.5, 0.6) is 11.5 Å². The number of amidine groups is 1. The summed E-state index contributed by atoms with van der Waals surface area (Å²) in [5.41, 5.74) is 11.9. The highest BCUT2D eigenvalue weighted by Crippen LogP contribution is 2.47. The van der Waals surface area contributed by atoms with Crippen LogP contribution in [0.4, 0.5) is 26.6 Å². The number of nitrogens with zero attached hydrogens (tertiary/aromatic N) is 12. The van der Waals surface area contributed by atoms with Gasteiger partial charge in [-0.05, 0) is 92.8 Å². The van der Waals surface area contributed by atoms with Crippen LogP contribution in [0.15, 0.2) is 96.1 Å². The predicted molar refractivity (Wildman–Crippen MR) is 318 cm³/mol. The topological polar surface area (TPSA) is 211 Å². The van der Waals surface area contributed by atoms with Gasteiger partial charge in [-0.2, -0.15) is 4.68 Å². The van der Waals surface area contributed by atoms with Crippen molar-refractivity contribution in [2.45, 2.75) is 77.4 Å².